The summed E-state index contributed by atoms with van der Waals surface area (Å²) in [5.41, 5.74) is 0.933. The van der Waals surface area contributed by atoms with Crippen molar-refractivity contribution >= 4 is 24.1 Å². The van der Waals surface area contributed by atoms with Crippen LogP contribution in [-0.4, -0.2) is 13.2 Å². The Labute approximate surface area is 96.0 Å². The molecule has 0 aromatic heterocycles. The minimum atomic E-state index is -2.36. The zero-order chi connectivity index (χ0) is 11.1. The van der Waals surface area contributed by atoms with Crippen molar-refractivity contribution in [2.24, 2.45) is 0 Å². The average molecular weight is 245 g/mol. The molecule has 3 nitrogen and oxygen atoms in total. The van der Waals surface area contributed by atoms with Crippen LogP contribution in [0.5, 0.6) is 0 Å². The van der Waals surface area contributed by atoms with Crippen molar-refractivity contribution in [3.05, 3.63) is 30.3 Å². The van der Waals surface area contributed by atoms with E-state index in [4.69, 9.17) is 20.9 Å². The summed E-state index contributed by atoms with van der Waals surface area (Å²) in [5.74, 6) is 0. The molecule has 0 atom stereocenters. The lowest BCUT2D eigenvalue weighted by molar-refractivity contribution is 0.271. The molecule has 15 heavy (non-hydrogen) atoms. The Morgan fingerprint density at radius 3 is 2.13 bits per heavy atom. The van der Waals surface area contributed by atoms with E-state index in [2.05, 4.69) is 5.09 Å². The molecule has 1 aromatic rings. The number of para-hydroxylation sites is 1. The van der Waals surface area contributed by atoms with Crippen molar-refractivity contribution in [3.63, 3.8) is 0 Å². The van der Waals surface area contributed by atoms with Gasteiger partial charge in [-0.1, -0.05) is 18.2 Å². The molecule has 0 saturated carbocycles. The predicted molar refractivity (Wildman–Crippen MR) is 67.6 cm³/mol. The molecule has 84 valence electrons. The number of benzene rings is 1. The molecule has 0 saturated heterocycles. The van der Waals surface area contributed by atoms with Crippen molar-refractivity contribution < 1.29 is 9.05 Å². The normalized spacial score (nSPS) is 11.3. The van der Waals surface area contributed by atoms with E-state index in [1.54, 1.807) is 0 Å². The van der Waals surface area contributed by atoms with Gasteiger partial charge in [-0.3, -0.25) is 0 Å². The van der Waals surface area contributed by atoms with Gasteiger partial charge >= 0.3 is 0 Å². The van der Waals surface area contributed by atoms with Gasteiger partial charge in [-0.2, -0.15) is 0 Å². The van der Waals surface area contributed by atoms with Crippen molar-refractivity contribution in [2.75, 3.05) is 18.3 Å². The second-order valence-corrected chi connectivity index (χ2v) is 5.99. The molecule has 1 N–H and O–H groups in total. The van der Waals surface area contributed by atoms with Crippen molar-refractivity contribution in [3.8, 4) is 0 Å². The number of hydrogen-bond donors (Lipinski definition) is 1. The second kappa shape index (κ2) is 6.23. The van der Waals surface area contributed by atoms with E-state index in [0.29, 0.717) is 13.2 Å². The summed E-state index contributed by atoms with van der Waals surface area (Å²) < 4.78 is 10.9. The molecule has 0 aliphatic heterocycles. The second-order valence-electron chi connectivity index (χ2n) is 2.81. The molecular formula is C10H16NO2PS. The van der Waals surface area contributed by atoms with Gasteiger partial charge in [-0.15, -0.1) is 0 Å². The molecule has 0 aliphatic carbocycles. The van der Waals surface area contributed by atoms with Crippen LogP contribution in [0.15, 0.2) is 30.3 Å². The highest BCUT2D eigenvalue weighted by molar-refractivity contribution is 8.10. The van der Waals surface area contributed by atoms with E-state index in [-0.39, 0.29) is 0 Å². The van der Waals surface area contributed by atoms with Crippen LogP contribution in [0.1, 0.15) is 13.8 Å². The van der Waals surface area contributed by atoms with Gasteiger partial charge in [0.25, 0.3) is 6.64 Å². The SMILES string of the molecule is CCOP(=S)(Nc1ccccc1)OCC. The molecule has 0 heterocycles. The lowest BCUT2D eigenvalue weighted by Crippen LogP contribution is -2.04. The van der Waals surface area contributed by atoms with Gasteiger partial charge in [0, 0.05) is 5.69 Å². The zero-order valence-electron chi connectivity index (χ0n) is 8.97. The number of rotatable bonds is 6. The maximum atomic E-state index is 5.47. The number of nitrogens with one attached hydrogen (secondary N) is 1. The first-order valence-corrected chi connectivity index (χ1v) is 7.56. The van der Waals surface area contributed by atoms with E-state index in [0.717, 1.165) is 5.69 Å². The van der Waals surface area contributed by atoms with Crippen LogP contribution in [0.25, 0.3) is 0 Å². The van der Waals surface area contributed by atoms with Crippen LogP contribution < -0.4 is 5.09 Å². The van der Waals surface area contributed by atoms with Crippen LogP contribution in [0.3, 0.4) is 0 Å². The van der Waals surface area contributed by atoms with Crippen molar-refractivity contribution in [1.82, 2.24) is 0 Å². The minimum Gasteiger partial charge on any atom is -0.316 e. The molecule has 0 bridgehead atoms. The Hall–Kier alpha value is -0.410. The quantitative estimate of drug-likeness (QED) is 0.778. The van der Waals surface area contributed by atoms with Gasteiger partial charge in [0.15, 0.2) is 0 Å². The van der Waals surface area contributed by atoms with E-state index in [1.165, 1.54) is 0 Å². The van der Waals surface area contributed by atoms with Gasteiger partial charge in [-0.05, 0) is 37.8 Å². The van der Waals surface area contributed by atoms with Gasteiger partial charge in [0.2, 0.25) is 0 Å². The first-order chi connectivity index (χ1) is 7.20. The Morgan fingerprint density at radius 2 is 1.67 bits per heavy atom. The fraction of sp³-hybridized carbons (Fsp3) is 0.400. The van der Waals surface area contributed by atoms with Crippen LogP contribution in [0, 0.1) is 0 Å². The van der Waals surface area contributed by atoms with Crippen LogP contribution in [0.4, 0.5) is 5.69 Å². The molecule has 0 unspecified atom stereocenters. The van der Waals surface area contributed by atoms with Gasteiger partial charge in [0.1, 0.15) is 0 Å². The Bertz CT molecular complexity index is 321. The molecule has 0 radical (unpaired) electrons. The lowest BCUT2D eigenvalue weighted by atomic mass is 10.3. The number of hydrogen-bond acceptors (Lipinski definition) is 3. The highest BCUT2D eigenvalue weighted by Gasteiger charge is 2.17. The third-order valence-electron chi connectivity index (χ3n) is 1.64. The maximum absolute atomic E-state index is 5.47. The zero-order valence-corrected chi connectivity index (χ0v) is 10.7. The smallest absolute Gasteiger partial charge is 0.287 e. The van der Waals surface area contributed by atoms with E-state index in [9.17, 15) is 0 Å². The maximum Gasteiger partial charge on any atom is 0.287 e. The van der Waals surface area contributed by atoms with E-state index >= 15 is 0 Å². The summed E-state index contributed by atoms with van der Waals surface area (Å²) in [6, 6.07) is 9.73. The van der Waals surface area contributed by atoms with Gasteiger partial charge in [-0.25, -0.2) is 0 Å². The highest BCUT2D eigenvalue weighted by Crippen LogP contribution is 2.47. The summed E-state index contributed by atoms with van der Waals surface area (Å²) in [6.07, 6.45) is 0. The third kappa shape index (κ3) is 4.31. The first-order valence-electron chi connectivity index (χ1n) is 4.92. The molecule has 0 amide bonds. The summed E-state index contributed by atoms with van der Waals surface area (Å²) in [6.45, 7) is 2.57. The van der Waals surface area contributed by atoms with Crippen molar-refractivity contribution in [2.45, 2.75) is 13.8 Å². The molecular weight excluding hydrogens is 229 g/mol. The molecule has 1 aromatic carbocycles. The fourth-order valence-corrected chi connectivity index (χ4v) is 3.41. The van der Waals surface area contributed by atoms with Crippen LogP contribution in [0.2, 0.25) is 0 Å². The van der Waals surface area contributed by atoms with E-state index in [1.807, 2.05) is 44.2 Å². The molecule has 5 heteroatoms. The summed E-state index contributed by atoms with van der Waals surface area (Å²) in [5, 5.41) is 3.14. The summed E-state index contributed by atoms with van der Waals surface area (Å²) in [7, 11) is 0. The largest absolute Gasteiger partial charge is 0.316 e. The highest BCUT2D eigenvalue weighted by atomic mass is 32.5. The molecule has 1 rings (SSSR count). The van der Waals surface area contributed by atoms with E-state index < -0.39 is 6.64 Å². The van der Waals surface area contributed by atoms with Crippen LogP contribution in [-0.2, 0) is 20.9 Å². The lowest BCUT2D eigenvalue weighted by Gasteiger charge is -2.22. The monoisotopic (exact) mass is 245 g/mol. The average Bonchev–Trinajstić information content (AvgIpc) is 2.19. The van der Waals surface area contributed by atoms with Crippen LogP contribution >= 0.6 is 6.64 Å². The molecule has 0 fully saturated rings. The molecule has 0 spiro atoms. The Morgan fingerprint density at radius 1 is 1.13 bits per heavy atom. The Kier molecular flexibility index (Phi) is 5.26. The number of anilines is 1. The molecule has 0 aliphatic rings. The summed E-state index contributed by atoms with van der Waals surface area (Å²) >= 11 is 5.34. The predicted octanol–water partition coefficient (Wildman–Crippen LogP) is 3.40. The van der Waals surface area contributed by atoms with Gasteiger partial charge in [0.05, 0.1) is 13.2 Å². The third-order valence-corrected chi connectivity index (χ3v) is 4.27. The standard InChI is InChI=1S/C10H16NO2PS/c1-3-12-14(15,13-4-2)11-10-8-6-5-7-9-10/h5-9H,3-4H2,1-2H3,(H,11,15). The fourth-order valence-electron chi connectivity index (χ4n) is 1.11. The first kappa shape index (κ1) is 12.7. The summed E-state index contributed by atoms with van der Waals surface area (Å²) in [4.78, 5) is 0. The minimum absolute atomic E-state index is 0.553. The topological polar surface area (TPSA) is 30.5 Å². The Balaban J connectivity index is 2.71. The van der Waals surface area contributed by atoms with Gasteiger partial charge < -0.3 is 14.1 Å². The van der Waals surface area contributed by atoms with Crippen molar-refractivity contribution in [1.29, 1.82) is 0 Å².